The summed E-state index contributed by atoms with van der Waals surface area (Å²) in [5.41, 5.74) is 7.11. The third-order valence-electron chi connectivity index (χ3n) is 1.25. The highest BCUT2D eigenvalue weighted by molar-refractivity contribution is 5.26. The summed E-state index contributed by atoms with van der Waals surface area (Å²) in [7, 11) is 0. The summed E-state index contributed by atoms with van der Waals surface area (Å²) in [6, 6.07) is 0. The fourth-order valence-electron chi connectivity index (χ4n) is 0.675. The van der Waals surface area contributed by atoms with E-state index in [1.165, 1.54) is 0 Å². The molecule has 0 heterocycles. The molecule has 0 aliphatic carbocycles. The molecule has 0 saturated heterocycles. The lowest BCUT2D eigenvalue weighted by Gasteiger charge is -2.04. The van der Waals surface area contributed by atoms with Crippen molar-refractivity contribution < 1.29 is 0 Å². The van der Waals surface area contributed by atoms with Crippen LogP contribution in [0.25, 0.3) is 0 Å². The lowest BCUT2D eigenvalue weighted by atomic mass is 10.0. The fourth-order valence-corrected chi connectivity index (χ4v) is 0.675. The lowest BCUT2D eigenvalue weighted by Crippen LogP contribution is -1.95. The molecule has 0 aliphatic rings. The number of rotatable bonds is 3. The van der Waals surface area contributed by atoms with Gasteiger partial charge in [0.05, 0.1) is 0 Å². The molecule has 0 amide bonds. The van der Waals surface area contributed by atoms with Crippen molar-refractivity contribution in [2.45, 2.75) is 13.8 Å². The molecule has 0 atom stereocenters. The molecular weight excluding hydrogens is 122 g/mol. The van der Waals surface area contributed by atoms with Gasteiger partial charge in [0.1, 0.15) is 0 Å². The zero-order valence-electron chi connectivity index (χ0n) is 6.72. The van der Waals surface area contributed by atoms with Gasteiger partial charge in [-0.15, -0.1) is 0 Å². The molecule has 0 fully saturated rings. The van der Waals surface area contributed by atoms with Crippen LogP contribution in [0.1, 0.15) is 13.8 Å². The maximum atomic E-state index is 5.39. The van der Waals surface area contributed by atoms with Crippen LogP contribution >= 0.6 is 0 Å². The molecule has 1 nitrogen and oxygen atoms in total. The van der Waals surface area contributed by atoms with Crippen molar-refractivity contribution in [3.63, 3.8) is 0 Å². The van der Waals surface area contributed by atoms with Gasteiger partial charge in [0.15, 0.2) is 0 Å². The molecule has 0 spiro atoms. The second-order valence-electron chi connectivity index (χ2n) is 2.58. The average molecular weight is 137 g/mol. The van der Waals surface area contributed by atoms with Gasteiger partial charge in [-0.05, 0) is 17.6 Å². The van der Waals surface area contributed by atoms with Crippen LogP contribution in [-0.4, -0.2) is 0 Å². The summed E-state index contributed by atoms with van der Waals surface area (Å²) in [5.74, 6) is 0.470. The zero-order chi connectivity index (χ0) is 8.15. The Morgan fingerprint density at radius 3 is 2.10 bits per heavy atom. The van der Waals surface area contributed by atoms with Crippen molar-refractivity contribution in [3.8, 4) is 0 Å². The van der Waals surface area contributed by atoms with Gasteiger partial charge < -0.3 is 5.73 Å². The Bertz CT molecular complexity index is 164. The molecule has 0 aromatic carbocycles. The first-order valence-corrected chi connectivity index (χ1v) is 3.36. The topological polar surface area (TPSA) is 26.0 Å². The summed E-state index contributed by atoms with van der Waals surface area (Å²) >= 11 is 0. The Morgan fingerprint density at radius 1 is 1.50 bits per heavy atom. The van der Waals surface area contributed by atoms with Gasteiger partial charge in [0.2, 0.25) is 0 Å². The molecule has 0 radical (unpaired) electrons. The molecule has 0 unspecified atom stereocenters. The van der Waals surface area contributed by atoms with Gasteiger partial charge in [0, 0.05) is 5.70 Å². The van der Waals surface area contributed by atoms with Gasteiger partial charge in [-0.1, -0.05) is 33.1 Å². The van der Waals surface area contributed by atoms with E-state index >= 15 is 0 Å². The number of hydrogen-bond acceptors (Lipinski definition) is 1. The first-order chi connectivity index (χ1) is 4.57. The highest BCUT2D eigenvalue weighted by Crippen LogP contribution is 2.10. The van der Waals surface area contributed by atoms with Gasteiger partial charge in [0.25, 0.3) is 0 Å². The van der Waals surface area contributed by atoms with E-state index < -0.39 is 0 Å². The minimum atomic E-state index is 0.470. The third kappa shape index (κ3) is 3.13. The monoisotopic (exact) mass is 137 g/mol. The van der Waals surface area contributed by atoms with Crippen LogP contribution < -0.4 is 5.73 Å². The first kappa shape index (κ1) is 9.02. The fraction of sp³-hybridized carbons (Fsp3) is 0.333. The predicted octanol–water partition coefficient (Wildman–Crippen LogP) is 2.23. The molecule has 10 heavy (non-hydrogen) atoms. The molecule has 0 aliphatic heterocycles. The molecule has 1 heteroatoms. The number of allylic oxidation sites excluding steroid dienone is 3. The predicted molar refractivity (Wildman–Crippen MR) is 46.4 cm³/mol. The van der Waals surface area contributed by atoms with Gasteiger partial charge in [-0.25, -0.2) is 0 Å². The molecular formula is C9H15N. The van der Waals surface area contributed by atoms with Crippen LogP contribution in [0.4, 0.5) is 0 Å². The maximum absolute atomic E-state index is 5.39. The second kappa shape index (κ2) is 3.94. The molecule has 0 aromatic rings. The summed E-state index contributed by atoms with van der Waals surface area (Å²) in [6.07, 6.45) is 3.65. The van der Waals surface area contributed by atoms with Crippen molar-refractivity contribution in [2.75, 3.05) is 0 Å². The van der Waals surface area contributed by atoms with E-state index in [4.69, 9.17) is 5.73 Å². The molecule has 0 saturated carbocycles. The van der Waals surface area contributed by atoms with E-state index in [9.17, 15) is 0 Å². The van der Waals surface area contributed by atoms with Crippen LogP contribution in [0.3, 0.4) is 0 Å². The van der Waals surface area contributed by atoms with E-state index in [-0.39, 0.29) is 0 Å². The lowest BCUT2D eigenvalue weighted by molar-refractivity contribution is 0.791. The third-order valence-corrected chi connectivity index (χ3v) is 1.25. The molecule has 0 aromatic heterocycles. The summed E-state index contributed by atoms with van der Waals surface area (Å²) in [4.78, 5) is 0. The highest BCUT2D eigenvalue weighted by atomic mass is 14.5. The van der Waals surface area contributed by atoms with Crippen LogP contribution in [0.15, 0.2) is 36.6 Å². The Labute approximate surface area is 62.9 Å². The van der Waals surface area contributed by atoms with E-state index in [0.717, 1.165) is 5.57 Å². The largest absolute Gasteiger partial charge is 0.399 e. The molecule has 0 rings (SSSR count). The molecule has 0 bridgehead atoms. The number of hydrogen-bond donors (Lipinski definition) is 1. The van der Waals surface area contributed by atoms with Crippen molar-refractivity contribution in [3.05, 3.63) is 36.6 Å². The Hall–Kier alpha value is -0.980. The van der Waals surface area contributed by atoms with Gasteiger partial charge >= 0.3 is 0 Å². The van der Waals surface area contributed by atoms with E-state index in [1.54, 1.807) is 0 Å². The van der Waals surface area contributed by atoms with Crippen molar-refractivity contribution in [1.82, 2.24) is 0 Å². The highest BCUT2D eigenvalue weighted by Gasteiger charge is 1.96. The SMILES string of the molecule is C=C/C(=C\C(=C)N)C(C)C. The quantitative estimate of drug-likeness (QED) is 0.593. The van der Waals surface area contributed by atoms with Crippen molar-refractivity contribution in [2.24, 2.45) is 11.7 Å². The van der Waals surface area contributed by atoms with E-state index in [2.05, 4.69) is 27.0 Å². The number of nitrogens with two attached hydrogens (primary N) is 1. The van der Waals surface area contributed by atoms with E-state index in [0.29, 0.717) is 11.6 Å². The Kier molecular flexibility index (Phi) is 3.55. The second-order valence-corrected chi connectivity index (χ2v) is 2.58. The molecule has 56 valence electrons. The first-order valence-electron chi connectivity index (χ1n) is 3.36. The van der Waals surface area contributed by atoms with Crippen molar-refractivity contribution in [1.29, 1.82) is 0 Å². The Morgan fingerprint density at radius 2 is 2.00 bits per heavy atom. The van der Waals surface area contributed by atoms with Gasteiger partial charge in [-0.3, -0.25) is 0 Å². The normalized spacial score (nSPS) is 11.7. The maximum Gasteiger partial charge on any atom is 0.0243 e. The average Bonchev–Trinajstić information content (AvgIpc) is 1.81. The summed E-state index contributed by atoms with van der Waals surface area (Å²) in [6.45, 7) is 11.4. The van der Waals surface area contributed by atoms with E-state index in [1.807, 2.05) is 12.2 Å². The van der Waals surface area contributed by atoms with Crippen LogP contribution in [0.5, 0.6) is 0 Å². The summed E-state index contributed by atoms with van der Waals surface area (Å²) < 4.78 is 0. The Balaban J connectivity index is 4.33. The smallest absolute Gasteiger partial charge is 0.0243 e. The van der Waals surface area contributed by atoms with Crippen LogP contribution in [-0.2, 0) is 0 Å². The molecule has 2 N–H and O–H groups in total. The van der Waals surface area contributed by atoms with Crippen LogP contribution in [0, 0.1) is 5.92 Å². The summed E-state index contributed by atoms with van der Waals surface area (Å²) in [5, 5.41) is 0. The minimum absolute atomic E-state index is 0.470. The van der Waals surface area contributed by atoms with Gasteiger partial charge in [-0.2, -0.15) is 0 Å². The zero-order valence-corrected chi connectivity index (χ0v) is 6.72. The minimum Gasteiger partial charge on any atom is -0.399 e. The standard InChI is InChI=1S/C9H15N/c1-5-9(7(2)3)6-8(4)10/h5-7H,1,4,10H2,2-3H3/b9-6+. The van der Waals surface area contributed by atoms with Crippen LogP contribution in [0.2, 0.25) is 0 Å². The van der Waals surface area contributed by atoms with Crippen molar-refractivity contribution >= 4 is 0 Å².